The number of carbonyl (C=O) groups excluding carboxylic acids is 1. The first kappa shape index (κ1) is 16.4. The summed E-state index contributed by atoms with van der Waals surface area (Å²) in [6.45, 7) is 2.88. The molecule has 1 amide bonds. The molecule has 0 saturated heterocycles. The van der Waals surface area contributed by atoms with Gasteiger partial charge in [-0.2, -0.15) is 5.10 Å². The molecule has 3 heterocycles. The number of amides is 1. The van der Waals surface area contributed by atoms with Gasteiger partial charge in [-0.3, -0.25) is 9.89 Å². The lowest BCUT2D eigenvalue weighted by Crippen LogP contribution is -2.30. The topological polar surface area (TPSA) is 75.6 Å². The van der Waals surface area contributed by atoms with Crippen LogP contribution in [0.1, 0.15) is 68.1 Å². The zero-order chi connectivity index (χ0) is 17.2. The van der Waals surface area contributed by atoms with E-state index in [0.717, 1.165) is 30.9 Å². The number of fused-ring (bicyclic) bond motifs is 1. The number of aromatic nitrogens is 4. The van der Waals surface area contributed by atoms with E-state index in [4.69, 9.17) is 0 Å². The molecule has 4 rings (SSSR count). The lowest BCUT2D eigenvalue weighted by molar-refractivity contribution is -0.120. The molecule has 25 heavy (non-hydrogen) atoms. The van der Waals surface area contributed by atoms with E-state index in [1.54, 1.807) is 0 Å². The van der Waals surface area contributed by atoms with Crippen LogP contribution in [-0.4, -0.2) is 25.7 Å². The minimum absolute atomic E-state index is 0.00151. The molecule has 1 fully saturated rings. The molecular weight excluding hydrogens is 314 g/mol. The third kappa shape index (κ3) is 3.48. The van der Waals surface area contributed by atoms with E-state index in [0.29, 0.717) is 11.7 Å². The molecule has 0 radical (unpaired) electrons. The van der Waals surface area contributed by atoms with Crippen LogP contribution in [-0.2, 0) is 17.8 Å². The maximum absolute atomic E-state index is 12.6. The summed E-state index contributed by atoms with van der Waals surface area (Å²) < 4.78 is 2.21. The van der Waals surface area contributed by atoms with Crippen LogP contribution in [0.15, 0.2) is 12.3 Å². The maximum Gasteiger partial charge on any atom is 0.229 e. The minimum Gasteiger partial charge on any atom is -0.332 e. The van der Waals surface area contributed by atoms with Gasteiger partial charge in [-0.25, -0.2) is 4.98 Å². The van der Waals surface area contributed by atoms with Crippen LogP contribution in [0.25, 0.3) is 0 Å². The van der Waals surface area contributed by atoms with Gasteiger partial charge in [0.25, 0.3) is 0 Å². The van der Waals surface area contributed by atoms with Gasteiger partial charge in [0.15, 0.2) is 5.82 Å². The van der Waals surface area contributed by atoms with Crippen molar-refractivity contribution in [2.24, 2.45) is 5.92 Å². The highest BCUT2D eigenvalue weighted by Crippen LogP contribution is 2.31. The standard InChI is InChI=1S/C19H27N5O/c1-13-20-12-16-10-15(8-9-24(13)16)19(25)21-18-11-17(22-23-18)14-6-4-2-3-5-7-14/h11-12,14-15H,2-10H2,1H3,(H2,21,22,23,25). The molecule has 2 aromatic heterocycles. The van der Waals surface area contributed by atoms with Crippen molar-refractivity contribution in [2.75, 3.05) is 5.32 Å². The second kappa shape index (κ2) is 7.02. The zero-order valence-corrected chi connectivity index (χ0v) is 14.9. The monoisotopic (exact) mass is 341 g/mol. The van der Waals surface area contributed by atoms with E-state index in [1.165, 1.54) is 44.2 Å². The van der Waals surface area contributed by atoms with Gasteiger partial charge in [0, 0.05) is 48.5 Å². The number of hydrogen-bond donors (Lipinski definition) is 2. The van der Waals surface area contributed by atoms with E-state index in [9.17, 15) is 4.79 Å². The first-order valence-corrected chi connectivity index (χ1v) is 9.58. The SMILES string of the molecule is Cc1ncc2n1CCC(C(=O)Nc1cc(C3CCCCCC3)[nH]n1)C2. The van der Waals surface area contributed by atoms with Gasteiger partial charge >= 0.3 is 0 Å². The smallest absolute Gasteiger partial charge is 0.229 e. The normalized spacial score (nSPS) is 21.6. The van der Waals surface area contributed by atoms with Crippen molar-refractivity contribution in [2.45, 2.75) is 70.8 Å². The fraction of sp³-hybridized carbons (Fsp3) is 0.632. The number of nitrogens with zero attached hydrogens (tertiary/aromatic N) is 3. The highest BCUT2D eigenvalue weighted by atomic mass is 16.2. The predicted octanol–water partition coefficient (Wildman–Crippen LogP) is 3.55. The highest BCUT2D eigenvalue weighted by Gasteiger charge is 2.26. The molecule has 0 spiro atoms. The van der Waals surface area contributed by atoms with Crippen LogP contribution in [0.5, 0.6) is 0 Å². The third-order valence-corrected chi connectivity index (χ3v) is 5.81. The summed E-state index contributed by atoms with van der Waals surface area (Å²) >= 11 is 0. The van der Waals surface area contributed by atoms with Gasteiger partial charge in [0.2, 0.25) is 5.91 Å². The average Bonchev–Trinajstić information content (AvgIpc) is 3.12. The number of anilines is 1. The first-order chi connectivity index (χ1) is 12.2. The average molecular weight is 341 g/mol. The Kier molecular flexibility index (Phi) is 4.59. The molecule has 2 N–H and O–H groups in total. The first-order valence-electron chi connectivity index (χ1n) is 9.58. The summed E-state index contributed by atoms with van der Waals surface area (Å²) in [5.74, 6) is 2.34. The molecule has 0 bridgehead atoms. The second-order valence-corrected chi connectivity index (χ2v) is 7.52. The van der Waals surface area contributed by atoms with Gasteiger partial charge < -0.3 is 9.88 Å². The molecule has 1 aliphatic carbocycles. The number of nitrogens with one attached hydrogen (secondary N) is 2. The Morgan fingerprint density at radius 3 is 2.84 bits per heavy atom. The van der Waals surface area contributed by atoms with Gasteiger partial charge in [-0.1, -0.05) is 25.7 Å². The molecule has 2 aromatic rings. The van der Waals surface area contributed by atoms with Crippen LogP contribution >= 0.6 is 0 Å². The Morgan fingerprint density at radius 2 is 2.04 bits per heavy atom. The van der Waals surface area contributed by atoms with Crippen LogP contribution in [0.2, 0.25) is 0 Å². The lowest BCUT2D eigenvalue weighted by atomic mass is 9.95. The summed E-state index contributed by atoms with van der Waals surface area (Å²) in [7, 11) is 0. The fourth-order valence-electron chi connectivity index (χ4n) is 4.28. The second-order valence-electron chi connectivity index (χ2n) is 7.52. The maximum atomic E-state index is 12.6. The molecule has 6 heteroatoms. The van der Waals surface area contributed by atoms with Crippen LogP contribution in [0.3, 0.4) is 0 Å². The van der Waals surface area contributed by atoms with Crippen molar-refractivity contribution in [1.82, 2.24) is 19.7 Å². The van der Waals surface area contributed by atoms with E-state index < -0.39 is 0 Å². The van der Waals surface area contributed by atoms with Crippen molar-refractivity contribution < 1.29 is 4.79 Å². The largest absolute Gasteiger partial charge is 0.332 e. The lowest BCUT2D eigenvalue weighted by Gasteiger charge is -2.23. The summed E-state index contributed by atoms with van der Waals surface area (Å²) in [6.07, 6.45) is 11.2. The van der Waals surface area contributed by atoms with Gasteiger partial charge in [0.1, 0.15) is 5.82 Å². The third-order valence-electron chi connectivity index (χ3n) is 5.81. The number of H-pyrrole nitrogens is 1. The van der Waals surface area contributed by atoms with E-state index in [2.05, 4.69) is 25.1 Å². The number of aryl methyl sites for hydroxylation is 1. The number of hydrogen-bond acceptors (Lipinski definition) is 3. The Balaban J connectivity index is 1.38. The van der Waals surface area contributed by atoms with Gasteiger partial charge in [-0.05, 0) is 26.2 Å². The molecule has 1 aliphatic heterocycles. The molecule has 1 atom stereocenters. The van der Waals surface area contributed by atoms with E-state index in [-0.39, 0.29) is 11.8 Å². The Hall–Kier alpha value is -2.11. The number of rotatable bonds is 3. The fourth-order valence-corrected chi connectivity index (χ4v) is 4.28. The van der Waals surface area contributed by atoms with Gasteiger partial charge in [0.05, 0.1) is 0 Å². The van der Waals surface area contributed by atoms with Crippen molar-refractivity contribution >= 4 is 11.7 Å². The number of aromatic amines is 1. The Morgan fingerprint density at radius 1 is 1.24 bits per heavy atom. The molecule has 134 valence electrons. The number of imidazole rings is 1. The molecule has 1 saturated carbocycles. The van der Waals surface area contributed by atoms with Crippen molar-refractivity contribution in [1.29, 1.82) is 0 Å². The Labute approximate surface area is 148 Å². The van der Waals surface area contributed by atoms with E-state index in [1.807, 2.05) is 19.2 Å². The van der Waals surface area contributed by atoms with Crippen LogP contribution < -0.4 is 5.32 Å². The molecule has 0 aromatic carbocycles. The van der Waals surface area contributed by atoms with Crippen molar-refractivity contribution in [3.63, 3.8) is 0 Å². The van der Waals surface area contributed by atoms with Crippen LogP contribution in [0.4, 0.5) is 5.82 Å². The summed E-state index contributed by atoms with van der Waals surface area (Å²) in [4.78, 5) is 17.0. The Bertz CT molecular complexity index is 739. The summed E-state index contributed by atoms with van der Waals surface area (Å²) in [6, 6.07) is 2.03. The molecular formula is C19H27N5O. The molecule has 6 nitrogen and oxygen atoms in total. The quantitative estimate of drug-likeness (QED) is 0.838. The van der Waals surface area contributed by atoms with Gasteiger partial charge in [-0.15, -0.1) is 0 Å². The van der Waals surface area contributed by atoms with Crippen molar-refractivity contribution in [3.05, 3.63) is 29.5 Å². The molecule has 1 unspecified atom stereocenters. The summed E-state index contributed by atoms with van der Waals surface area (Å²) in [5.41, 5.74) is 2.33. The highest BCUT2D eigenvalue weighted by molar-refractivity contribution is 5.91. The minimum atomic E-state index is 0.00151. The van der Waals surface area contributed by atoms with Crippen molar-refractivity contribution in [3.8, 4) is 0 Å². The zero-order valence-electron chi connectivity index (χ0n) is 14.9. The predicted molar refractivity (Wildman–Crippen MR) is 96.4 cm³/mol. The molecule has 2 aliphatic rings. The number of carbonyl (C=O) groups is 1. The van der Waals surface area contributed by atoms with Crippen LogP contribution in [0, 0.1) is 12.8 Å². The van der Waals surface area contributed by atoms with E-state index >= 15 is 0 Å². The summed E-state index contributed by atoms with van der Waals surface area (Å²) in [5, 5.41) is 10.5.